The molecule has 0 bridgehead atoms. The van der Waals surface area contributed by atoms with E-state index in [0.717, 1.165) is 11.3 Å². The van der Waals surface area contributed by atoms with Crippen LogP contribution in [-0.2, 0) is 0 Å². The van der Waals surface area contributed by atoms with Gasteiger partial charge < -0.3 is 0 Å². The molecule has 1 N–H and O–H groups in total. The summed E-state index contributed by atoms with van der Waals surface area (Å²) in [5.74, 6) is -0.480. The van der Waals surface area contributed by atoms with E-state index < -0.39 is 15.8 Å². The van der Waals surface area contributed by atoms with Crippen molar-refractivity contribution >= 4 is 33.8 Å². The van der Waals surface area contributed by atoms with E-state index in [2.05, 4.69) is 15.5 Å². The molecule has 0 atom stereocenters. The summed E-state index contributed by atoms with van der Waals surface area (Å²) in [6, 6.07) is 10.9. The number of aromatic nitrogens is 2. The largest absolute Gasteiger partial charge is 0.296 e. The highest BCUT2D eigenvalue weighted by atomic mass is 32.1. The number of amides is 1. The Bertz CT molecular complexity index is 984. The first-order valence-electron chi connectivity index (χ1n) is 7.08. The second-order valence-electron chi connectivity index (χ2n) is 4.97. The van der Waals surface area contributed by atoms with E-state index >= 15 is 0 Å². The number of non-ortho nitro benzene ring substituents is 2. The maximum Gasteiger partial charge on any atom is 0.269 e. The van der Waals surface area contributed by atoms with E-state index in [1.165, 1.54) is 36.4 Å². The fourth-order valence-electron chi connectivity index (χ4n) is 2.02. The summed E-state index contributed by atoms with van der Waals surface area (Å²) in [6.07, 6.45) is 0. The van der Waals surface area contributed by atoms with Crippen LogP contribution in [0.2, 0.25) is 0 Å². The van der Waals surface area contributed by atoms with Gasteiger partial charge in [0.2, 0.25) is 5.13 Å². The number of carbonyl (C=O) groups excluding carboxylic acids is 1. The van der Waals surface area contributed by atoms with E-state index in [0.29, 0.717) is 10.6 Å². The molecule has 130 valence electrons. The third-order valence-corrected chi connectivity index (χ3v) is 4.20. The minimum absolute atomic E-state index is 0.0371. The summed E-state index contributed by atoms with van der Waals surface area (Å²) in [7, 11) is 0. The highest BCUT2D eigenvalue weighted by Crippen LogP contribution is 2.28. The molecule has 3 rings (SSSR count). The summed E-state index contributed by atoms with van der Waals surface area (Å²) < 4.78 is 0. The van der Waals surface area contributed by atoms with Gasteiger partial charge in [0, 0.05) is 35.4 Å². The zero-order valence-electron chi connectivity index (χ0n) is 12.9. The number of hydrogen-bond donors (Lipinski definition) is 1. The van der Waals surface area contributed by atoms with Crippen LogP contribution >= 0.6 is 11.3 Å². The van der Waals surface area contributed by atoms with Crippen LogP contribution in [0.15, 0.2) is 48.5 Å². The molecular weight excluding hydrogens is 362 g/mol. The highest BCUT2D eigenvalue weighted by Gasteiger charge is 2.14. The van der Waals surface area contributed by atoms with Crippen molar-refractivity contribution in [1.29, 1.82) is 0 Å². The lowest BCUT2D eigenvalue weighted by Crippen LogP contribution is -2.11. The van der Waals surface area contributed by atoms with Gasteiger partial charge in [-0.3, -0.25) is 30.3 Å². The van der Waals surface area contributed by atoms with Crippen molar-refractivity contribution in [3.63, 3.8) is 0 Å². The number of carbonyl (C=O) groups is 1. The molecule has 0 unspecified atom stereocenters. The minimum atomic E-state index is -0.553. The van der Waals surface area contributed by atoms with Gasteiger partial charge in [0.25, 0.3) is 17.3 Å². The van der Waals surface area contributed by atoms with Crippen LogP contribution in [0.3, 0.4) is 0 Å². The van der Waals surface area contributed by atoms with Crippen LogP contribution in [0.4, 0.5) is 16.5 Å². The molecule has 2 aromatic carbocycles. The van der Waals surface area contributed by atoms with Crippen LogP contribution < -0.4 is 5.32 Å². The zero-order chi connectivity index (χ0) is 18.7. The molecular formula is C15H9N5O5S. The molecule has 0 aliphatic carbocycles. The number of rotatable bonds is 5. The fourth-order valence-corrected chi connectivity index (χ4v) is 2.76. The molecule has 0 saturated heterocycles. The van der Waals surface area contributed by atoms with Gasteiger partial charge in [0.1, 0.15) is 5.01 Å². The Labute approximate surface area is 149 Å². The average Bonchev–Trinajstić information content (AvgIpc) is 3.10. The Morgan fingerprint density at radius 1 is 0.885 bits per heavy atom. The summed E-state index contributed by atoms with van der Waals surface area (Å²) in [6.45, 7) is 0. The van der Waals surface area contributed by atoms with E-state index in [1.807, 2.05) is 0 Å². The first-order valence-corrected chi connectivity index (χ1v) is 7.90. The molecule has 1 aromatic heterocycles. The molecule has 0 fully saturated rings. The van der Waals surface area contributed by atoms with E-state index in [1.54, 1.807) is 12.1 Å². The Kier molecular flexibility index (Phi) is 4.62. The lowest BCUT2D eigenvalue weighted by molar-refractivity contribution is -0.385. The topological polar surface area (TPSA) is 141 Å². The van der Waals surface area contributed by atoms with Gasteiger partial charge in [0.15, 0.2) is 0 Å². The standard InChI is InChI=1S/C15H9N5O5S/c21-13(9-1-5-11(6-2-9)19(22)23)16-15-18-17-14(26-15)10-3-7-12(8-4-10)20(24)25/h1-8H,(H,16,18,21). The summed E-state index contributed by atoms with van der Waals surface area (Å²) in [5, 5.41) is 32.4. The molecule has 0 aliphatic rings. The summed E-state index contributed by atoms with van der Waals surface area (Å²) in [5.41, 5.74) is 0.717. The van der Waals surface area contributed by atoms with Crippen LogP contribution in [-0.4, -0.2) is 26.0 Å². The molecule has 0 radical (unpaired) electrons. The Hall–Kier alpha value is -3.73. The van der Waals surface area contributed by atoms with E-state index in [-0.39, 0.29) is 22.1 Å². The maximum absolute atomic E-state index is 12.1. The highest BCUT2D eigenvalue weighted by molar-refractivity contribution is 7.18. The van der Waals surface area contributed by atoms with Crippen LogP contribution in [0.5, 0.6) is 0 Å². The fraction of sp³-hybridized carbons (Fsp3) is 0. The quantitative estimate of drug-likeness (QED) is 0.536. The van der Waals surface area contributed by atoms with Crippen LogP contribution in [0.1, 0.15) is 10.4 Å². The third kappa shape index (κ3) is 3.67. The smallest absolute Gasteiger partial charge is 0.269 e. The van der Waals surface area contributed by atoms with Gasteiger partial charge in [-0.05, 0) is 24.3 Å². The van der Waals surface area contributed by atoms with Gasteiger partial charge in [-0.15, -0.1) is 10.2 Å². The Morgan fingerprint density at radius 3 is 1.96 bits per heavy atom. The minimum Gasteiger partial charge on any atom is -0.296 e. The van der Waals surface area contributed by atoms with Gasteiger partial charge >= 0.3 is 0 Å². The lowest BCUT2D eigenvalue weighted by atomic mass is 10.2. The predicted octanol–water partition coefficient (Wildman–Crippen LogP) is 3.27. The second-order valence-corrected chi connectivity index (χ2v) is 5.95. The predicted molar refractivity (Wildman–Crippen MR) is 93.0 cm³/mol. The number of benzene rings is 2. The van der Waals surface area contributed by atoms with Crippen molar-refractivity contribution in [2.45, 2.75) is 0 Å². The SMILES string of the molecule is O=C(Nc1nnc(-c2ccc([N+](=O)[O-])cc2)s1)c1ccc([N+](=O)[O-])cc1. The molecule has 0 spiro atoms. The molecule has 1 heterocycles. The number of hydrogen-bond acceptors (Lipinski definition) is 8. The number of nitrogens with zero attached hydrogens (tertiary/aromatic N) is 4. The molecule has 26 heavy (non-hydrogen) atoms. The van der Waals surface area contributed by atoms with Crippen LogP contribution in [0.25, 0.3) is 10.6 Å². The van der Waals surface area contributed by atoms with Crippen molar-refractivity contribution in [2.75, 3.05) is 5.32 Å². The normalized spacial score (nSPS) is 10.3. The Balaban J connectivity index is 1.72. The van der Waals surface area contributed by atoms with Gasteiger partial charge in [-0.2, -0.15) is 0 Å². The van der Waals surface area contributed by atoms with Crippen molar-refractivity contribution in [3.05, 3.63) is 74.3 Å². The number of nitro groups is 2. The average molecular weight is 371 g/mol. The van der Waals surface area contributed by atoms with Crippen molar-refractivity contribution < 1.29 is 14.6 Å². The molecule has 0 saturated carbocycles. The van der Waals surface area contributed by atoms with Gasteiger partial charge in [-0.25, -0.2) is 0 Å². The van der Waals surface area contributed by atoms with E-state index in [4.69, 9.17) is 0 Å². The third-order valence-electron chi connectivity index (χ3n) is 3.31. The number of nitro benzene ring substituents is 2. The first-order chi connectivity index (χ1) is 12.4. The number of anilines is 1. The Morgan fingerprint density at radius 2 is 1.42 bits per heavy atom. The molecule has 0 aliphatic heterocycles. The van der Waals surface area contributed by atoms with Gasteiger partial charge in [0.05, 0.1) is 9.85 Å². The molecule has 1 amide bonds. The van der Waals surface area contributed by atoms with Crippen molar-refractivity contribution in [2.24, 2.45) is 0 Å². The molecule has 3 aromatic rings. The van der Waals surface area contributed by atoms with Crippen LogP contribution in [0, 0.1) is 20.2 Å². The summed E-state index contributed by atoms with van der Waals surface area (Å²) in [4.78, 5) is 32.4. The lowest BCUT2D eigenvalue weighted by Gasteiger charge is -2.00. The van der Waals surface area contributed by atoms with Gasteiger partial charge in [-0.1, -0.05) is 11.3 Å². The number of nitrogens with one attached hydrogen (secondary N) is 1. The molecule has 11 heteroatoms. The first kappa shape index (κ1) is 17.1. The monoisotopic (exact) mass is 371 g/mol. The van der Waals surface area contributed by atoms with Crippen molar-refractivity contribution in [3.8, 4) is 10.6 Å². The van der Waals surface area contributed by atoms with Crippen molar-refractivity contribution in [1.82, 2.24) is 10.2 Å². The maximum atomic E-state index is 12.1. The zero-order valence-corrected chi connectivity index (χ0v) is 13.7. The molecule has 10 nitrogen and oxygen atoms in total. The second kappa shape index (κ2) is 7.03. The van der Waals surface area contributed by atoms with E-state index in [9.17, 15) is 25.0 Å². The summed E-state index contributed by atoms with van der Waals surface area (Å²) >= 11 is 1.10.